The van der Waals surface area contributed by atoms with Crippen LogP contribution in [0.4, 0.5) is 11.5 Å². The Morgan fingerprint density at radius 3 is 2.48 bits per heavy atom. The van der Waals surface area contributed by atoms with Crippen molar-refractivity contribution >= 4 is 22.4 Å². The largest absolute Gasteiger partial charge is 0.392 e. The Balaban J connectivity index is 1.80. The van der Waals surface area contributed by atoms with Crippen molar-refractivity contribution < 1.29 is 5.11 Å². The molecule has 2 aromatic heterocycles. The van der Waals surface area contributed by atoms with E-state index in [0.29, 0.717) is 5.82 Å². The number of benzene rings is 2. The number of para-hydroxylation sites is 1. The minimum absolute atomic E-state index is 0.0296. The van der Waals surface area contributed by atoms with E-state index in [1.807, 2.05) is 60.7 Å². The van der Waals surface area contributed by atoms with Gasteiger partial charge < -0.3 is 10.4 Å². The van der Waals surface area contributed by atoms with E-state index in [9.17, 15) is 5.11 Å². The number of aromatic nitrogens is 3. The average molecular weight is 328 g/mol. The Hall–Kier alpha value is -3.31. The van der Waals surface area contributed by atoms with Crippen LogP contribution in [0.3, 0.4) is 0 Å². The molecular formula is C20H16N4O. The molecule has 25 heavy (non-hydrogen) atoms. The van der Waals surface area contributed by atoms with Crippen LogP contribution in [-0.2, 0) is 6.61 Å². The lowest BCUT2D eigenvalue weighted by molar-refractivity contribution is 0.282. The van der Waals surface area contributed by atoms with Gasteiger partial charge in [-0.25, -0.2) is 9.97 Å². The van der Waals surface area contributed by atoms with Crippen molar-refractivity contribution in [3.63, 3.8) is 0 Å². The first-order valence-electron chi connectivity index (χ1n) is 7.97. The van der Waals surface area contributed by atoms with Gasteiger partial charge in [0.25, 0.3) is 0 Å². The summed E-state index contributed by atoms with van der Waals surface area (Å²) in [5.74, 6) is 1.36. The summed E-state index contributed by atoms with van der Waals surface area (Å²) in [7, 11) is 0. The van der Waals surface area contributed by atoms with E-state index < -0.39 is 0 Å². The molecule has 4 aromatic rings. The highest BCUT2D eigenvalue weighted by Crippen LogP contribution is 2.27. The molecule has 122 valence electrons. The molecule has 5 heteroatoms. The summed E-state index contributed by atoms with van der Waals surface area (Å²) in [6, 6.07) is 19.3. The lowest BCUT2D eigenvalue weighted by Crippen LogP contribution is -1.99. The molecule has 0 amide bonds. The maximum absolute atomic E-state index is 9.18. The fourth-order valence-electron chi connectivity index (χ4n) is 2.63. The first-order chi connectivity index (χ1) is 12.3. The van der Waals surface area contributed by atoms with E-state index in [1.165, 1.54) is 0 Å². The van der Waals surface area contributed by atoms with E-state index in [1.54, 1.807) is 12.4 Å². The fraction of sp³-hybridized carbons (Fsp3) is 0.0500. The predicted molar refractivity (Wildman–Crippen MR) is 98.4 cm³/mol. The van der Waals surface area contributed by atoms with E-state index in [0.717, 1.165) is 33.5 Å². The Bertz CT molecular complexity index is 1000. The maximum atomic E-state index is 9.18. The molecule has 0 radical (unpaired) electrons. The van der Waals surface area contributed by atoms with Gasteiger partial charge in [-0.3, -0.25) is 4.98 Å². The Labute approximate surface area is 145 Å². The Morgan fingerprint density at radius 2 is 1.72 bits per heavy atom. The lowest BCUT2D eigenvalue weighted by atomic mass is 10.2. The van der Waals surface area contributed by atoms with Gasteiger partial charge in [-0.15, -0.1) is 0 Å². The molecule has 0 atom stereocenters. The molecule has 0 bridgehead atoms. The van der Waals surface area contributed by atoms with Crippen molar-refractivity contribution in [1.29, 1.82) is 0 Å². The van der Waals surface area contributed by atoms with Gasteiger partial charge in [0.1, 0.15) is 5.82 Å². The molecule has 0 aliphatic rings. The summed E-state index contributed by atoms with van der Waals surface area (Å²) in [5.41, 5.74) is 3.50. The molecule has 0 aliphatic heterocycles. The standard InChI is InChI=1S/C20H16N4O/c25-13-14-7-9-16(10-8-14)22-20-17-5-1-2-6-18(17)23-19(24-20)15-4-3-11-21-12-15/h1-12,25H,13H2,(H,22,23,24). The number of hydrogen-bond acceptors (Lipinski definition) is 5. The number of nitrogens with one attached hydrogen (secondary N) is 1. The molecule has 5 nitrogen and oxygen atoms in total. The molecule has 4 rings (SSSR count). The molecule has 0 unspecified atom stereocenters. The van der Waals surface area contributed by atoms with Gasteiger partial charge in [-0.2, -0.15) is 0 Å². The average Bonchev–Trinajstić information content (AvgIpc) is 2.69. The third-order valence-corrected chi connectivity index (χ3v) is 3.92. The minimum atomic E-state index is 0.0296. The smallest absolute Gasteiger partial charge is 0.163 e. The van der Waals surface area contributed by atoms with Gasteiger partial charge in [0.15, 0.2) is 5.82 Å². The monoisotopic (exact) mass is 328 g/mol. The highest BCUT2D eigenvalue weighted by atomic mass is 16.3. The molecule has 0 fully saturated rings. The van der Waals surface area contributed by atoms with Crippen LogP contribution in [0.1, 0.15) is 5.56 Å². The third-order valence-electron chi connectivity index (χ3n) is 3.92. The van der Waals surface area contributed by atoms with Crippen molar-refractivity contribution in [2.45, 2.75) is 6.61 Å². The van der Waals surface area contributed by atoms with Gasteiger partial charge in [0, 0.05) is 29.0 Å². The van der Waals surface area contributed by atoms with Crippen LogP contribution in [0, 0.1) is 0 Å². The van der Waals surface area contributed by atoms with E-state index in [2.05, 4.69) is 15.3 Å². The summed E-state index contributed by atoms with van der Waals surface area (Å²) in [5, 5.41) is 13.5. The highest BCUT2D eigenvalue weighted by molar-refractivity contribution is 5.92. The number of aliphatic hydroxyl groups is 1. The normalized spacial score (nSPS) is 10.8. The zero-order valence-corrected chi connectivity index (χ0v) is 13.4. The molecule has 2 heterocycles. The zero-order valence-electron chi connectivity index (χ0n) is 13.4. The Kier molecular flexibility index (Phi) is 4.06. The predicted octanol–water partition coefficient (Wildman–Crippen LogP) is 3.93. The Morgan fingerprint density at radius 1 is 0.880 bits per heavy atom. The first kappa shape index (κ1) is 15.2. The van der Waals surface area contributed by atoms with Crippen LogP contribution in [0.2, 0.25) is 0 Å². The van der Waals surface area contributed by atoms with Crippen LogP contribution in [0.15, 0.2) is 73.1 Å². The van der Waals surface area contributed by atoms with E-state index in [-0.39, 0.29) is 6.61 Å². The number of aliphatic hydroxyl groups excluding tert-OH is 1. The van der Waals surface area contributed by atoms with Crippen LogP contribution in [-0.4, -0.2) is 20.1 Å². The van der Waals surface area contributed by atoms with Crippen LogP contribution in [0.25, 0.3) is 22.3 Å². The molecule has 2 aromatic carbocycles. The third kappa shape index (κ3) is 3.18. The number of nitrogens with zero attached hydrogens (tertiary/aromatic N) is 3. The molecule has 0 spiro atoms. The molecule has 2 N–H and O–H groups in total. The summed E-state index contributed by atoms with van der Waals surface area (Å²) in [6.45, 7) is 0.0296. The fourth-order valence-corrected chi connectivity index (χ4v) is 2.63. The van der Waals surface area contributed by atoms with Crippen molar-refractivity contribution in [3.8, 4) is 11.4 Å². The second-order valence-electron chi connectivity index (χ2n) is 5.63. The zero-order chi connectivity index (χ0) is 17.1. The number of hydrogen-bond donors (Lipinski definition) is 2. The molecular weight excluding hydrogens is 312 g/mol. The van der Waals surface area contributed by atoms with E-state index in [4.69, 9.17) is 4.98 Å². The summed E-state index contributed by atoms with van der Waals surface area (Å²) < 4.78 is 0. The summed E-state index contributed by atoms with van der Waals surface area (Å²) in [4.78, 5) is 13.5. The van der Waals surface area contributed by atoms with Crippen molar-refractivity contribution in [3.05, 3.63) is 78.6 Å². The number of pyridine rings is 1. The van der Waals surface area contributed by atoms with Gasteiger partial charge >= 0.3 is 0 Å². The van der Waals surface area contributed by atoms with Crippen molar-refractivity contribution in [2.75, 3.05) is 5.32 Å². The number of anilines is 2. The van der Waals surface area contributed by atoms with Crippen LogP contribution in [0.5, 0.6) is 0 Å². The molecule has 0 saturated heterocycles. The SMILES string of the molecule is OCc1ccc(Nc2nc(-c3cccnc3)nc3ccccc23)cc1. The topological polar surface area (TPSA) is 70.9 Å². The second kappa shape index (κ2) is 6.67. The van der Waals surface area contributed by atoms with Gasteiger partial charge in [0.05, 0.1) is 12.1 Å². The lowest BCUT2D eigenvalue weighted by Gasteiger charge is -2.11. The summed E-state index contributed by atoms with van der Waals surface area (Å²) in [6.07, 6.45) is 3.48. The second-order valence-corrected chi connectivity index (χ2v) is 5.63. The van der Waals surface area contributed by atoms with Crippen molar-refractivity contribution in [2.24, 2.45) is 0 Å². The number of rotatable bonds is 4. The van der Waals surface area contributed by atoms with Crippen LogP contribution < -0.4 is 5.32 Å². The number of fused-ring (bicyclic) bond motifs is 1. The van der Waals surface area contributed by atoms with Gasteiger partial charge in [0.2, 0.25) is 0 Å². The van der Waals surface area contributed by atoms with Crippen molar-refractivity contribution in [1.82, 2.24) is 15.0 Å². The quantitative estimate of drug-likeness (QED) is 0.594. The minimum Gasteiger partial charge on any atom is -0.392 e. The molecule has 0 aliphatic carbocycles. The maximum Gasteiger partial charge on any atom is 0.163 e. The summed E-state index contributed by atoms with van der Waals surface area (Å²) >= 11 is 0. The first-order valence-corrected chi connectivity index (χ1v) is 7.97. The molecule has 0 saturated carbocycles. The van der Waals surface area contributed by atoms with Crippen LogP contribution >= 0.6 is 0 Å². The van der Waals surface area contributed by atoms with E-state index >= 15 is 0 Å². The van der Waals surface area contributed by atoms with Gasteiger partial charge in [-0.05, 0) is 42.0 Å². The van der Waals surface area contributed by atoms with Gasteiger partial charge in [-0.1, -0.05) is 24.3 Å². The highest BCUT2D eigenvalue weighted by Gasteiger charge is 2.09.